The van der Waals surface area contributed by atoms with E-state index in [-0.39, 0.29) is 5.75 Å². The van der Waals surface area contributed by atoms with Crippen LogP contribution in [0.25, 0.3) is 0 Å². The predicted octanol–water partition coefficient (Wildman–Crippen LogP) is 2.17. The Kier molecular flexibility index (Phi) is 6.11. The van der Waals surface area contributed by atoms with Gasteiger partial charge in [0.15, 0.2) is 13.2 Å². The van der Waals surface area contributed by atoms with E-state index >= 15 is 0 Å². The van der Waals surface area contributed by atoms with E-state index in [1.807, 2.05) is 6.07 Å². The normalized spacial score (nSPS) is 9.67. The van der Waals surface area contributed by atoms with E-state index in [0.717, 1.165) is 0 Å². The summed E-state index contributed by atoms with van der Waals surface area (Å²) in [6, 6.07) is 11.5. The van der Waals surface area contributed by atoms with Gasteiger partial charge in [-0.3, -0.25) is 4.79 Å². The number of rotatable bonds is 6. The number of amides is 1. The van der Waals surface area contributed by atoms with Gasteiger partial charge in [-0.2, -0.15) is 5.26 Å². The van der Waals surface area contributed by atoms with Crippen molar-refractivity contribution < 1.29 is 19.1 Å². The molecule has 1 aromatic carbocycles. The molecule has 0 atom stereocenters. The van der Waals surface area contributed by atoms with Crippen LogP contribution < -0.4 is 10.1 Å². The largest absolute Gasteiger partial charge is 0.481 e. The zero-order valence-corrected chi connectivity index (χ0v) is 13.1. The van der Waals surface area contributed by atoms with Gasteiger partial charge in [0.25, 0.3) is 5.91 Å². The van der Waals surface area contributed by atoms with Crippen molar-refractivity contribution in [2.24, 2.45) is 0 Å². The van der Waals surface area contributed by atoms with E-state index in [0.29, 0.717) is 16.4 Å². The van der Waals surface area contributed by atoms with Crippen LogP contribution in [0.1, 0.15) is 5.56 Å². The van der Waals surface area contributed by atoms with Crippen molar-refractivity contribution in [1.29, 1.82) is 5.26 Å². The van der Waals surface area contributed by atoms with Gasteiger partial charge in [-0.05, 0) is 24.3 Å². The monoisotopic (exact) mass is 345 g/mol. The van der Waals surface area contributed by atoms with Crippen molar-refractivity contribution in [3.63, 3.8) is 0 Å². The molecule has 0 spiro atoms. The predicted molar refractivity (Wildman–Crippen MR) is 85.5 cm³/mol. The van der Waals surface area contributed by atoms with Crippen molar-refractivity contribution in [3.8, 4) is 11.8 Å². The lowest BCUT2D eigenvalue weighted by atomic mass is 10.2. The van der Waals surface area contributed by atoms with Gasteiger partial charge in [-0.25, -0.2) is 9.78 Å². The number of esters is 1. The summed E-state index contributed by atoms with van der Waals surface area (Å²) in [5.74, 6) is -0.719. The minimum Gasteiger partial charge on any atom is -0.481 e. The number of carbonyl (C=O) groups is 2. The van der Waals surface area contributed by atoms with Gasteiger partial charge in [0.2, 0.25) is 0 Å². The Morgan fingerprint density at radius 3 is 2.71 bits per heavy atom. The molecule has 0 aliphatic heterocycles. The van der Waals surface area contributed by atoms with Crippen LogP contribution in [0, 0.1) is 11.3 Å². The highest BCUT2D eigenvalue weighted by Gasteiger charge is 2.10. The number of halogens is 1. The van der Waals surface area contributed by atoms with E-state index < -0.39 is 25.1 Å². The van der Waals surface area contributed by atoms with Crippen molar-refractivity contribution in [2.75, 3.05) is 18.5 Å². The molecule has 0 saturated carbocycles. The fourth-order valence-corrected chi connectivity index (χ4v) is 1.75. The lowest BCUT2D eigenvalue weighted by Crippen LogP contribution is -2.24. The average Bonchev–Trinajstić information content (AvgIpc) is 2.60. The maximum absolute atomic E-state index is 11.6. The maximum atomic E-state index is 11.6. The molecular formula is C16H12ClN3O4. The molecule has 24 heavy (non-hydrogen) atoms. The number of hydrogen-bond donors (Lipinski definition) is 1. The van der Waals surface area contributed by atoms with Crippen LogP contribution in [-0.2, 0) is 14.3 Å². The molecule has 0 bridgehead atoms. The Morgan fingerprint density at radius 2 is 2.00 bits per heavy atom. The van der Waals surface area contributed by atoms with Crippen molar-refractivity contribution in [2.45, 2.75) is 0 Å². The number of nitrogens with one attached hydrogen (secondary N) is 1. The quantitative estimate of drug-likeness (QED) is 0.805. The van der Waals surface area contributed by atoms with E-state index in [9.17, 15) is 9.59 Å². The molecule has 2 aromatic rings. The van der Waals surface area contributed by atoms with Crippen LogP contribution in [0.3, 0.4) is 0 Å². The molecule has 8 heteroatoms. The average molecular weight is 346 g/mol. The molecule has 2 rings (SSSR count). The van der Waals surface area contributed by atoms with Crippen LogP contribution in [0.4, 0.5) is 5.82 Å². The molecular weight excluding hydrogens is 334 g/mol. The highest BCUT2D eigenvalue weighted by molar-refractivity contribution is 6.30. The number of pyridine rings is 1. The van der Waals surface area contributed by atoms with E-state index in [4.69, 9.17) is 26.3 Å². The second-order valence-corrected chi connectivity index (χ2v) is 4.90. The third kappa shape index (κ3) is 5.26. The van der Waals surface area contributed by atoms with Gasteiger partial charge in [0, 0.05) is 6.20 Å². The highest BCUT2D eigenvalue weighted by atomic mass is 35.5. The molecule has 1 amide bonds. The summed E-state index contributed by atoms with van der Waals surface area (Å²) < 4.78 is 9.98. The number of ether oxygens (including phenoxy) is 2. The zero-order valence-electron chi connectivity index (χ0n) is 12.4. The third-order valence-electron chi connectivity index (χ3n) is 2.71. The molecule has 122 valence electrons. The molecule has 0 aliphatic carbocycles. The fourth-order valence-electron chi connectivity index (χ4n) is 1.64. The molecule has 0 saturated heterocycles. The van der Waals surface area contributed by atoms with Gasteiger partial charge in [0.1, 0.15) is 17.6 Å². The fraction of sp³-hybridized carbons (Fsp3) is 0.125. The summed E-state index contributed by atoms with van der Waals surface area (Å²) in [7, 11) is 0. The lowest BCUT2D eigenvalue weighted by molar-refractivity contribution is -0.149. The number of anilines is 1. The van der Waals surface area contributed by atoms with Crippen LogP contribution in [0.5, 0.6) is 5.75 Å². The van der Waals surface area contributed by atoms with Crippen LogP contribution >= 0.6 is 11.6 Å². The molecule has 1 heterocycles. The number of nitrogens with zero attached hydrogens (tertiary/aromatic N) is 2. The van der Waals surface area contributed by atoms with Crippen LogP contribution in [0.15, 0.2) is 42.6 Å². The van der Waals surface area contributed by atoms with Gasteiger partial charge >= 0.3 is 5.97 Å². The molecule has 1 N–H and O–H groups in total. The highest BCUT2D eigenvalue weighted by Crippen LogP contribution is 2.16. The standard InChI is InChI=1S/C16H12ClN3O4/c17-12-5-6-14(19-8-12)20-15(21)9-24-16(22)10-23-13-4-2-1-3-11(13)7-18/h1-6,8H,9-10H2,(H,19,20,21). The minimum atomic E-state index is -0.734. The van der Waals surface area contributed by atoms with Gasteiger partial charge in [-0.1, -0.05) is 23.7 Å². The summed E-state index contributed by atoms with van der Waals surface area (Å²) in [6.07, 6.45) is 1.38. The summed E-state index contributed by atoms with van der Waals surface area (Å²) in [6.45, 7) is -0.891. The topological polar surface area (TPSA) is 101 Å². The number of aromatic nitrogens is 1. The first kappa shape index (κ1) is 17.2. The van der Waals surface area contributed by atoms with Crippen molar-refractivity contribution in [3.05, 3.63) is 53.2 Å². The summed E-state index contributed by atoms with van der Waals surface area (Å²) in [5, 5.41) is 11.8. The maximum Gasteiger partial charge on any atom is 0.344 e. The Balaban J connectivity index is 1.75. The molecule has 0 aliphatic rings. The Morgan fingerprint density at radius 1 is 1.21 bits per heavy atom. The van der Waals surface area contributed by atoms with Gasteiger partial charge in [-0.15, -0.1) is 0 Å². The lowest BCUT2D eigenvalue weighted by Gasteiger charge is -2.08. The number of nitriles is 1. The number of para-hydroxylation sites is 1. The van der Waals surface area contributed by atoms with Crippen LogP contribution in [0.2, 0.25) is 5.02 Å². The van der Waals surface area contributed by atoms with E-state index in [1.165, 1.54) is 12.3 Å². The van der Waals surface area contributed by atoms with Crippen molar-refractivity contribution in [1.82, 2.24) is 4.98 Å². The molecule has 0 radical (unpaired) electrons. The summed E-state index contributed by atoms with van der Waals surface area (Å²) in [4.78, 5) is 27.1. The number of hydrogen-bond acceptors (Lipinski definition) is 6. The summed E-state index contributed by atoms with van der Waals surface area (Å²) in [5.41, 5.74) is 0.303. The Labute approximate surface area is 142 Å². The van der Waals surface area contributed by atoms with E-state index in [1.54, 1.807) is 30.3 Å². The first-order valence-electron chi connectivity index (χ1n) is 6.77. The van der Waals surface area contributed by atoms with Crippen molar-refractivity contribution >= 4 is 29.3 Å². The Bertz CT molecular complexity index is 772. The Hall–Kier alpha value is -3.11. The van der Waals surface area contributed by atoms with Crippen LogP contribution in [-0.4, -0.2) is 30.1 Å². The van der Waals surface area contributed by atoms with Gasteiger partial charge < -0.3 is 14.8 Å². The molecule has 7 nitrogen and oxygen atoms in total. The smallest absolute Gasteiger partial charge is 0.344 e. The number of benzene rings is 1. The van der Waals surface area contributed by atoms with Gasteiger partial charge in [0.05, 0.1) is 10.6 Å². The second kappa shape index (κ2) is 8.50. The van der Waals surface area contributed by atoms with E-state index in [2.05, 4.69) is 10.3 Å². The second-order valence-electron chi connectivity index (χ2n) is 4.47. The number of carbonyl (C=O) groups excluding carboxylic acids is 2. The summed E-state index contributed by atoms with van der Waals surface area (Å²) >= 11 is 5.68. The minimum absolute atomic E-state index is 0.270. The first-order chi connectivity index (χ1) is 11.6. The SMILES string of the molecule is N#Cc1ccccc1OCC(=O)OCC(=O)Nc1ccc(Cl)cn1. The third-order valence-corrected chi connectivity index (χ3v) is 2.94. The first-order valence-corrected chi connectivity index (χ1v) is 7.15. The molecule has 1 aromatic heterocycles. The zero-order chi connectivity index (χ0) is 17.4. The molecule has 0 fully saturated rings. The molecule has 0 unspecified atom stereocenters.